The van der Waals surface area contributed by atoms with Crippen molar-refractivity contribution in [2.45, 2.75) is 6.42 Å². The number of rotatable bonds is 1. The van der Waals surface area contributed by atoms with Crippen LogP contribution >= 0.6 is 0 Å². The first-order chi connectivity index (χ1) is 20.3. The molecule has 0 unspecified atom stereocenters. The van der Waals surface area contributed by atoms with E-state index < -0.39 is 0 Å². The molecule has 5 aromatic heterocycles. The van der Waals surface area contributed by atoms with Gasteiger partial charge >= 0.3 is 0 Å². The van der Waals surface area contributed by atoms with Gasteiger partial charge in [-0.15, -0.1) is 0 Å². The van der Waals surface area contributed by atoms with E-state index in [2.05, 4.69) is 98.9 Å². The van der Waals surface area contributed by atoms with E-state index >= 15 is 0 Å². The summed E-state index contributed by atoms with van der Waals surface area (Å²) in [6.07, 6.45) is 6.48. The quantitative estimate of drug-likeness (QED) is 0.204. The van der Waals surface area contributed by atoms with Gasteiger partial charge in [0.05, 0.1) is 39.3 Å². The van der Waals surface area contributed by atoms with Crippen LogP contribution in [0, 0.1) is 0 Å². The number of hydrogen-bond donors (Lipinski definition) is 0. The lowest BCUT2D eigenvalue weighted by Gasteiger charge is -2.11. The minimum Gasteiger partial charge on any atom is -0.309 e. The van der Waals surface area contributed by atoms with Gasteiger partial charge in [-0.05, 0) is 89.3 Å². The highest BCUT2D eigenvalue weighted by molar-refractivity contribution is 6.15. The van der Waals surface area contributed by atoms with Crippen LogP contribution < -0.4 is 0 Å². The Morgan fingerprint density at radius 1 is 0.585 bits per heavy atom. The van der Waals surface area contributed by atoms with Crippen LogP contribution in [0.1, 0.15) is 11.1 Å². The number of pyridine rings is 3. The number of fused-ring (bicyclic) bond motifs is 14. The second-order valence-electron chi connectivity index (χ2n) is 11.0. The fourth-order valence-corrected chi connectivity index (χ4v) is 7.07. The van der Waals surface area contributed by atoms with E-state index in [-0.39, 0.29) is 0 Å². The zero-order valence-corrected chi connectivity index (χ0v) is 21.9. The third-order valence-electron chi connectivity index (χ3n) is 8.81. The maximum Gasteiger partial charge on any atom is 0.146 e. The molecule has 5 nitrogen and oxygen atoms in total. The number of imidazole rings is 1. The number of hydrogen-bond acceptors (Lipinski definition) is 3. The average Bonchev–Trinajstić information content (AvgIpc) is 3.69. The van der Waals surface area contributed by atoms with E-state index in [1.54, 1.807) is 0 Å². The molecule has 190 valence electrons. The Hall–Kier alpha value is -5.55. The minimum absolute atomic E-state index is 0.890. The fraction of sp³-hybridized carbons (Fsp3) is 0.0278. The molecule has 1 aliphatic carbocycles. The normalized spacial score (nSPS) is 12.8. The summed E-state index contributed by atoms with van der Waals surface area (Å²) >= 11 is 0. The van der Waals surface area contributed by atoms with E-state index in [1.165, 1.54) is 49.7 Å². The molecule has 0 radical (unpaired) electrons. The van der Waals surface area contributed by atoms with Crippen LogP contribution in [0.4, 0.5) is 0 Å². The van der Waals surface area contributed by atoms with Crippen molar-refractivity contribution in [2.24, 2.45) is 0 Å². The predicted octanol–water partition coefficient (Wildman–Crippen LogP) is 8.25. The van der Waals surface area contributed by atoms with Crippen LogP contribution in [0.3, 0.4) is 0 Å². The molecule has 0 saturated carbocycles. The Kier molecular flexibility index (Phi) is 3.92. The average molecular weight is 524 g/mol. The minimum atomic E-state index is 0.890. The van der Waals surface area contributed by atoms with Gasteiger partial charge in [0, 0.05) is 39.6 Å². The molecule has 0 saturated heterocycles. The lowest BCUT2D eigenvalue weighted by atomic mass is 9.99. The molecule has 0 spiro atoms. The molecule has 5 heteroatoms. The number of aromatic nitrogens is 5. The van der Waals surface area contributed by atoms with Crippen LogP contribution in [0.25, 0.3) is 77.1 Å². The summed E-state index contributed by atoms with van der Waals surface area (Å²) in [4.78, 5) is 14.4. The highest BCUT2D eigenvalue weighted by Crippen LogP contribution is 2.45. The molecule has 9 aromatic rings. The fourth-order valence-electron chi connectivity index (χ4n) is 7.07. The van der Waals surface area contributed by atoms with Crippen molar-refractivity contribution in [3.8, 4) is 16.8 Å². The van der Waals surface area contributed by atoms with Crippen molar-refractivity contribution < 1.29 is 0 Å². The summed E-state index contributed by atoms with van der Waals surface area (Å²) < 4.78 is 4.61. The zero-order chi connectivity index (χ0) is 26.7. The van der Waals surface area contributed by atoms with E-state index in [0.29, 0.717) is 0 Å². The van der Waals surface area contributed by atoms with Crippen LogP contribution in [0.5, 0.6) is 0 Å². The van der Waals surface area contributed by atoms with Gasteiger partial charge in [-0.3, -0.25) is 14.4 Å². The molecule has 41 heavy (non-hydrogen) atoms. The second kappa shape index (κ2) is 7.55. The third kappa shape index (κ3) is 2.72. The predicted molar refractivity (Wildman–Crippen MR) is 166 cm³/mol. The van der Waals surface area contributed by atoms with Crippen molar-refractivity contribution in [1.29, 1.82) is 0 Å². The molecule has 4 aromatic carbocycles. The molecule has 0 atom stereocenters. The van der Waals surface area contributed by atoms with E-state index in [1.807, 2.05) is 30.7 Å². The van der Waals surface area contributed by atoms with Crippen LogP contribution in [0.2, 0.25) is 0 Å². The molecule has 0 aliphatic heterocycles. The van der Waals surface area contributed by atoms with Gasteiger partial charge in [0.1, 0.15) is 5.65 Å². The Labute approximate surface area is 234 Å². The first-order valence-electron chi connectivity index (χ1n) is 13.9. The van der Waals surface area contributed by atoms with Crippen LogP contribution in [-0.4, -0.2) is 23.9 Å². The molecular weight excluding hydrogens is 502 g/mol. The SMILES string of the molecule is c1ccc(-n2c3ccccc3c3cc4c(cc32)Cc2cc3c(cc2-4)c2ncccc2n2c4cnccc4nc32)cc1. The third-order valence-corrected chi connectivity index (χ3v) is 8.81. The summed E-state index contributed by atoms with van der Waals surface area (Å²) in [5.41, 5.74) is 13.9. The van der Waals surface area contributed by atoms with Crippen molar-refractivity contribution in [3.05, 3.63) is 127 Å². The largest absolute Gasteiger partial charge is 0.309 e. The van der Waals surface area contributed by atoms with Crippen LogP contribution in [0.15, 0.2) is 116 Å². The maximum atomic E-state index is 5.08. The summed E-state index contributed by atoms with van der Waals surface area (Å²) in [7, 11) is 0. The molecule has 1 aliphatic rings. The van der Waals surface area contributed by atoms with Crippen molar-refractivity contribution >= 4 is 60.3 Å². The molecule has 0 N–H and O–H groups in total. The van der Waals surface area contributed by atoms with Gasteiger partial charge in [-0.1, -0.05) is 36.4 Å². The topological polar surface area (TPSA) is 48.0 Å². The van der Waals surface area contributed by atoms with Crippen LogP contribution in [-0.2, 0) is 6.42 Å². The molecule has 0 bridgehead atoms. The lowest BCUT2D eigenvalue weighted by molar-refractivity contribution is 1.17. The van der Waals surface area contributed by atoms with Crippen molar-refractivity contribution in [2.75, 3.05) is 0 Å². The molecule has 10 rings (SSSR count). The number of nitrogens with zero attached hydrogens (tertiary/aromatic N) is 5. The van der Waals surface area contributed by atoms with Gasteiger partial charge in [0.15, 0.2) is 0 Å². The van der Waals surface area contributed by atoms with Crippen molar-refractivity contribution in [3.63, 3.8) is 0 Å². The maximum absolute atomic E-state index is 5.08. The molecule has 0 amide bonds. The van der Waals surface area contributed by atoms with Gasteiger partial charge in [-0.25, -0.2) is 4.98 Å². The van der Waals surface area contributed by atoms with Gasteiger partial charge in [-0.2, -0.15) is 0 Å². The Morgan fingerprint density at radius 2 is 1.39 bits per heavy atom. The molecule has 5 heterocycles. The number of para-hydroxylation sites is 2. The van der Waals surface area contributed by atoms with Gasteiger partial charge < -0.3 is 4.57 Å². The van der Waals surface area contributed by atoms with E-state index in [4.69, 9.17) is 9.97 Å². The van der Waals surface area contributed by atoms with Gasteiger partial charge in [0.2, 0.25) is 0 Å². The molecule has 0 fully saturated rings. The standard InChI is InChI=1S/C36H21N5/c1-2-7-23(8-3-1)40-31-10-5-4-9-24(31)27-18-25-22(17-33(27)40)15-21-16-29-28(19-26(21)25)35-32(11-6-13-38-35)41-34-20-37-14-12-30(34)39-36(29)41/h1-14,16-20H,15H2. The zero-order valence-electron chi connectivity index (χ0n) is 21.9. The van der Waals surface area contributed by atoms with E-state index in [9.17, 15) is 0 Å². The smallest absolute Gasteiger partial charge is 0.146 e. The Balaban J connectivity index is 1.30. The van der Waals surface area contributed by atoms with Gasteiger partial charge in [0.25, 0.3) is 0 Å². The van der Waals surface area contributed by atoms with E-state index in [0.717, 1.165) is 44.9 Å². The highest BCUT2D eigenvalue weighted by atomic mass is 15.0. The summed E-state index contributed by atoms with van der Waals surface area (Å²) in [6.45, 7) is 0. The summed E-state index contributed by atoms with van der Waals surface area (Å²) in [5.74, 6) is 0. The first-order valence-corrected chi connectivity index (χ1v) is 13.9. The first kappa shape index (κ1) is 21.3. The molecular formula is C36H21N5. The Bertz CT molecular complexity index is 2550. The lowest BCUT2D eigenvalue weighted by Crippen LogP contribution is -1.94. The Morgan fingerprint density at radius 3 is 2.32 bits per heavy atom. The highest BCUT2D eigenvalue weighted by Gasteiger charge is 2.25. The second-order valence-corrected chi connectivity index (χ2v) is 11.0. The van der Waals surface area contributed by atoms with Crippen molar-refractivity contribution in [1.82, 2.24) is 23.9 Å². The monoisotopic (exact) mass is 523 g/mol. The number of benzene rings is 4. The summed E-state index contributed by atoms with van der Waals surface area (Å²) in [6, 6.07) is 35.0. The summed E-state index contributed by atoms with van der Waals surface area (Å²) in [5, 5.41) is 4.81.